The third-order valence-electron chi connectivity index (χ3n) is 3.00. The smallest absolute Gasteiger partial charge is 0.160 e. The molecule has 0 bridgehead atoms. The molecule has 2 N–H and O–H groups in total. The van der Waals surface area contributed by atoms with Gasteiger partial charge >= 0.3 is 0 Å². The van der Waals surface area contributed by atoms with Gasteiger partial charge in [-0.05, 0) is 18.6 Å². The van der Waals surface area contributed by atoms with E-state index in [1.54, 1.807) is 0 Å². The van der Waals surface area contributed by atoms with E-state index in [-0.39, 0.29) is 10.0 Å². The first-order valence-electron chi connectivity index (χ1n) is 6.63. The maximum atomic E-state index is 13.3. The number of unbranched alkanes of at least 4 members (excludes halogenated alkanes) is 1. The number of aromatic nitrogens is 2. The Morgan fingerprint density at radius 3 is 2.52 bits per heavy atom. The van der Waals surface area contributed by atoms with E-state index in [9.17, 15) is 4.39 Å². The molecular formula is C14H15Cl3FN3. The third kappa shape index (κ3) is 4.25. The van der Waals surface area contributed by atoms with Gasteiger partial charge in [-0.2, -0.15) is 0 Å². The summed E-state index contributed by atoms with van der Waals surface area (Å²) in [7, 11) is 0. The first-order chi connectivity index (χ1) is 10.0. The average Bonchev–Trinajstić information content (AvgIpc) is 2.80. The molecule has 0 aliphatic heterocycles. The minimum Gasteiger partial charge on any atom is -0.379 e. The molecular weight excluding hydrogens is 336 g/mol. The summed E-state index contributed by atoms with van der Waals surface area (Å²) >= 11 is 17.6. The van der Waals surface area contributed by atoms with Crippen molar-refractivity contribution in [2.45, 2.75) is 32.7 Å². The van der Waals surface area contributed by atoms with Crippen molar-refractivity contribution in [3.05, 3.63) is 44.7 Å². The molecule has 0 spiro atoms. The average molecular weight is 351 g/mol. The number of anilines is 1. The summed E-state index contributed by atoms with van der Waals surface area (Å²) in [4.78, 5) is 7.45. The number of hydrogen-bond acceptors (Lipinski definition) is 2. The lowest BCUT2D eigenvalue weighted by Crippen LogP contribution is -2.01. The molecule has 114 valence electrons. The molecule has 3 nitrogen and oxygen atoms in total. The minimum atomic E-state index is -0.620. The fraction of sp³-hybridized carbons (Fsp3) is 0.357. The maximum absolute atomic E-state index is 13.3. The van der Waals surface area contributed by atoms with Gasteiger partial charge in [0, 0.05) is 12.1 Å². The molecule has 2 aromatic rings. The predicted octanol–water partition coefficient (Wildman–Crippen LogP) is 5.46. The van der Waals surface area contributed by atoms with E-state index < -0.39 is 5.82 Å². The standard InChI is InChI=1S/C14H15Cl3FN3/c1-2-3-4-12-20-11(14(17)21-12)7-19-8-5-9(15)13(18)10(16)6-8/h5-6,19H,2-4,7H2,1H3,(H,20,21). The zero-order chi connectivity index (χ0) is 15.4. The molecule has 1 aromatic heterocycles. The number of benzene rings is 1. The molecule has 0 amide bonds. The second kappa shape index (κ2) is 7.34. The summed E-state index contributed by atoms with van der Waals surface area (Å²) in [5.41, 5.74) is 1.39. The molecule has 2 rings (SSSR count). The van der Waals surface area contributed by atoms with Crippen molar-refractivity contribution in [2.75, 3.05) is 5.32 Å². The van der Waals surface area contributed by atoms with Crippen molar-refractivity contribution in [1.82, 2.24) is 9.97 Å². The number of halogens is 4. The highest BCUT2D eigenvalue weighted by Gasteiger charge is 2.10. The van der Waals surface area contributed by atoms with Crippen LogP contribution in [0.5, 0.6) is 0 Å². The van der Waals surface area contributed by atoms with Crippen LogP contribution in [-0.2, 0) is 13.0 Å². The van der Waals surface area contributed by atoms with Gasteiger partial charge in [0.25, 0.3) is 0 Å². The van der Waals surface area contributed by atoms with E-state index in [2.05, 4.69) is 22.2 Å². The van der Waals surface area contributed by atoms with Crippen LogP contribution in [0.4, 0.5) is 10.1 Å². The topological polar surface area (TPSA) is 40.7 Å². The summed E-state index contributed by atoms with van der Waals surface area (Å²) in [5, 5.41) is 3.48. The number of rotatable bonds is 6. The van der Waals surface area contributed by atoms with Crippen LogP contribution >= 0.6 is 34.8 Å². The number of imidazole rings is 1. The number of aryl methyl sites for hydroxylation is 1. The van der Waals surface area contributed by atoms with Crippen LogP contribution in [0.15, 0.2) is 12.1 Å². The normalized spacial score (nSPS) is 10.9. The van der Waals surface area contributed by atoms with Crippen molar-refractivity contribution in [3.8, 4) is 0 Å². The van der Waals surface area contributed by atoms with Crippen LogP contribution in [0.3, 0.4) is 0 Å². The molecule has 0 radical (unpaired) electrons. The summed E-state index contributed by atoms with van der Waals surface area (Å²) in [6, 6.07) is 2.95. The van der Waals surface area contributed by atoms with Crippen molar-refractivity contribution in [1.29, 1.82) is 0 Å². The first kappa shape index (κ1) is 16.4. The van der Waals surface area contributed by atoms with E-state index in [1.165, 1.54) is 12.1 Å². The highest BCUT2D eigenvalue weighted by molar-refractivity contribution is 6.35. The van der Waals surface area contributed by atoms with Gasteiger partial charge in [0.2, 0.25) is 0 Å². The molecule has 0 aliphatic rings. The minimum absolute atomic E-state index is 0.0238. The van der Waals surface area contributed by atoms with Gasteiger partial charge in [0.1, 0.15) is 5.82 Å². The molecule has 0 unspecified atom stereocenters. The number of nitrogens with one attached hydrogen (secondary N) is 2. The van der Waals surface area contributed by atoms with E-state index in [1.807, 2.05) is 0 Å². The Morgan fingerprint density at radius 2 is 1.90 bits per heavy atom. The van der Waals surface area contributed by atoms with Crippen LogP contribution in [0.2, 0.25) is 15.2 Å². The summed E-state index contributed by atoms with van der Waals surface area (Å²) in [6.45, 7) is 2.55. The Hall–Kier alpha value is -0.970. The van der Waals surface area contributed by atoms with E-state index >= 15 is 0 Å². The Labute approximate surface area is 137 Å². The van der Waals surface area contributed by atoms with Gasteiger partial charge in [-0.3, -0.25) is 0 Å². The van der Waals surface area contributed by atoms with Crippen LogP contribution in [-0.4, -0.2) is 9.97 Å². The van der Waals surface area contributed by atoms with Gasteiger partial charge in [0.15, 0.2) is 11.0 Å². The summed E-state index contributed by atoms with van der Waals surface area (Å²) in [5.74, 6) is 0.249. The molecule has 7 heteroatoms. The lowest BCUT2D eigenvalue weighted by molar-refractivity contribution is 0.629. The van der Waals surface area contributed by atoms with E-state index in [0.717, 1.165) is 30.8 Å². The van der Waals surface area contributed by atoms with Gasteiger partial charge < -0.3 is 10.3 Å². The number of nitrogens with zero attached hydrogens (tertiary/aromatic N) is 1. The van der Waals surface area contributed by atoms with Crippen molar-refractivity contribution >= 4 is 40.5 Å². The van der Waals surface area contributed by atoms with Crippen LogP contribution < -0.4 is 5.32 Å². The molecule has 1 heterocycles. The fourth-order valence-electron chi connectivity index (χ4n) is 1.87. The van der Waals surface area contributed by atoms with Gasteiger partial charge in [-0.1, -0.05) is 48.1 Å². The predicted molar refractivity (Wildman–Crippen MR) is 86.0 cm³/mol. The molecule has 0 saturated heterocycles. The van der Waals surface area contributed by atoms with Crippen molar-refractivity contribution in [3.63, 3.8) is 0 Å². The number of aromatic amines is 1. The third-order valence-corrected chi connectivity index (χ3v) is 3.86. The highest BCUT2D eigenvalue weighted by Crippen LogP contribution is 2.27. The molecule has 1 aromatic carbocycles. The number of H-pyrrole nitrogens is 1. The Balaban J connectivity index is 2.04. The fourth-order valence-corrected chi connectivity index (χ4v) is 2.57. The van der Waals surface area contributed by atoms with Crippen molar-refractivity contribution in [2.24, 2.45) is 0 Å². The largest absolute Gasteiger partial charge is 0.379 e. The molecule has 0 atom stereocenters. The van der Waals surface area contributed by atoms with Crippen LogP contribution in [0.1, 0.15) is 31.3 Å². The highest BCUT2D eigenvalue weighted by atomic mass is 35.5. The van der Waals surface area contributed by atoms with E-state index in [4.69, 9.17) is 34.8 Å². The Bertz CT molecular complexity index is 605. The quantitative estimate of drug-likeness (QED) is 0.679. The summed E-state index contributed by atoms with van der Waals surface area (Å²) < 4.78 is 13.3. The molecule has 0 aliphatic carbocycles. The lowest BCUT2D eigenvalue weighted by Gasteiger charge is -2.07. The summed E-state index contributed by atoms with van der Waals surface area (Å²) in [6.07, 6.45) is 3.02. The van der Waals surface area contributed by atoms with Crippen LogP contribution in [0, 0.1) is 5.82 Å². The second-order valence-electron chi connectivity index (χ2n) is 4.66. The molecule has 0 saturated carbocycles. The van der Waals surface area contributed by atoms with Gasteiger partial charge in [-0.15, -0.1) is 0 Å². The second-order valence-corrected chi connectivity index (χ2v) is 5.84. The Kier molecular flexibility index (Phi) is 5.73. The van der Waals surface area contributed by atoms with Crippen molar-refractivity contribution < 1.29 is 4.39 Å². The SMILES string of the molecule is CCCCc1nc(Cl)c(CNc2cc(Cl)c(F)c(Cl)c2)[nH]1. The van der Waals surface area contributed by atoms with E-state index in [0.29, 0.717) is 17.4 Å². The zero-order valence-electron chi connectivity index (χ0n) is 11.4. The molecule has 21 heavy (non-hydrogen) atoms. The van der Waals surface area contributed by atoms with Gasteiger partial charge in [0.05, 0.1) is 22.3 Å². The first-order valence-corrected chi connectivity index (χ1v) is 7.76. The Morgan fingerprint density at radius 1 is 1.24 bits per heavy atom. The van der Waals surface area contributed by atoms with Gasteiger partial charge in [-0.25, -0.2) is 9.37 Å². The zero-order valence-corrected chi connectivity index (χ0v) is 13.7. The monoisotopic (exact) mass is 349 g/mol. The number of hydrogen-bond donors (Lipinski definition) is 2. The maximum Gasteiger partial charge on any atom is 0.160 e. The molecule has 0 fully saturated rings. The van der Waals surface area contributed by atoms with Crippen LogP contribution in [0.25, 0.3) is 0 Å². The lowest BCUT2D eigenvalue weighted by atomic mass is 10.2.